The summed E-state index contributed by atoms with van der Waals surface area (Å²) < 4.78 is 4.75. The molecule has 0 bridgehead atoms. The third kappa shape index (κ3) is 6.38. The number of carbonyl (C=O) groups is 2. The maximum absolute atomic E-state index is 10.7. The molecule has 0 aliphatic carbocycles. The summed E-state index contributed by atoms with van der Waals surface area (Å²) in [6.07, 6.45) is 0.269. The van der Waals surface area contributed by atoms with Gasteiger partial charge in [-0.2, -0.15) is 0 Å². The number of aliphatic carboxylic acids is 1. The van der Waals surface area contributed by atoms with Crippen LogP contribution in [-0.2, 0) is 14.3 Å². The van der Waals surface area contributed by atoms with Gasteiger partial charge in [0.25, 0.3) is 0 Å². The second-order valence-corrected chi connectivity index (χ2v) is 2.84. The predicted octanol–water partition coefficient (Wildman–Crippen LogP) is -1.06. The van der Waals surface area contributed by atoms with Crippen LogP contribution in [0.5, 0.6) is 0 Å². The smallest absolute Gasteiger partial charge is 0.320 e. The van der Waals surface area contributed by atoms with Crippen molar-refractivity contribution in [3.05, 3.63) is 0 Å². The largest absolute Gasteiger partial charge is 0.480 e. The Labute approximate surface area is 82.4 Å². The van der Waals surface area contributed by atoms with Gasteiger partial charge < -0.3 is 20.9 Å². The normalized spacial score (nSPS) is 12.4. The number of ether oxygens (including phenoxy) is 1. The van der Waals surface area contributed by atoms with E-state index in [1.54, 1.807) is 0 Å². The molecule has 0 aliphatic heterocycles. The van der Waals surface area contributed by atoms with Gasteiger partial charge in [0.1, 0.15) is 6.04 Å². The van der Waals surface area contributed by atoms with Crippen LogP contribution in [0.3, 0.4) is 0 Å². The first-order chi connectivity index (χ1) is 6.57. The van der Waals surface area contributed by atoms with Crippen molar-refractivity contribution < 1.29 is 19.4 Å². The zero-order valence-corrected chi connectivity index (χ0v) is 8.16. The number of nitrogens with one attached hydrogen (secondary N) is 1. The van der Waals surface area contributed by atoms with Crippen LogP contribution in [-0.4, -0.2) is 43.3 Å². The molecular weight excluding hydrogens is 188 g/mol. The Morgan fingerprint density at radius 1 is 1.57 bits per heavy atom. The monoisotopic (exact) mass is 204 g/mol. The maximum atomic E-state index is 10.7. The zero-order valence-electron chi connectivity index (χ0n) is 8.16. The molecular formula is C8H16N2O4. The van der Waals surface area contributed by atoms with E-state index >= 15 is 0 Å². The molecule has 82 valence electrons. The van der Waals surface area contributed by atoms with Gasteiger partial charge >= 0.3 is 5.97 Å². The molecule has 1 atom stereocenters. The molecule has 6 heteroatoms. The minimum atomic E-state index is -0.984. The van der Waals surface area contributed by atoms with Gasteiger partial charge in [-0.05, 0) is 6.42 Å². The molecule has 14 heavy (non-hydrogen) atoms. The molecule has 0 aromatic carbocycles. The molecule has 6 nitrogen and oxygen atoms in total. The summed E-state index contributed by atoms with van der Waals surface area (Å²) >= 11 is 0. The van der Waals surface area contributed by atoms with Crippen LogP contribution < -0.4 is 11.1 Å². The summed E-state index contributed by atoms with van der Waals surface area (Å²) in [5.74, 6) is -1.48. The van der Waals surface area contributed by atoms with Crippen LogP contribution in [0.1, 0.15) is 12.8 Å². The summed E-state index contributed by atoms with van der Waals surface area (Å²) in [4.78, 5) is 21.1. The third-order valence-corrected chi connectivity index (χ3v) is 1.67. The van der Waals surface area contributed by atoms with E-state index < -0.39 is 17.9 Å². The number of primary amides is 1. The number of carboxylic acids is 1. The highest BCUT2D eigenvalue weighted by Crippen LogP contribution is 1.96. The summed E-state index contributed by atoms with van der Waals surface area (Å²) in [5.41, 5.74) is 4.91. The fourth-order valence-electron chi connectivity index (χ4n) is 0.935. The highest BCUT2D eigenvalue weighted by atomic mass is 16.5. The van der Waals surface area contributed by atoms with Gasteiger partial charge in [0.2, 0.25) is 5.91 Å². The minimum absolute atomic E-state index is 0.0664. The Morgan fingerprint density at radius 3 is 2.64 bits per heavy atom. The van der Waals surface area contributed by atoms with E-state index in [0.29, 0.717) is 13.2 Å². The number of methoxy groups -OCH3 is 1. The van der Waals surface area contributed by atoms with Crippen molar-refractivity contribution in [2.24, 2.45) is 5.73 Å². The first kappa shape index (κ1) is 12.9. The van der Waals surface area contributed by atoms with Gasteiger partial charge in [-0.3, -0.25) is 9.59 Å². The number of rotatable bonds is 8. The van der Waals surface area contributed by atoms with Crippen molar-refractivity contribution in [2.45, 2.75) is 18.9 Å². The summed E-state index contributed by atoms with van der Waals surface area (Å²) in [6, 6.07) is -0.738. The molecule has 0 aromatic rings. The number of hydrogen-bond donors (Lipinski definition) is 3. The average molecular weight is 204 g/mol. The van der Waals surface area contributed by atoms with E-state index in [1.807, 2.05) is 0 Å². The summed E-state index contributed by atoms with van der Waals surface area (Å²) in [6.45, 7) is 0.868. The molecule has 0 aromatic heterocycles. The zero-order chi connectivity index (χ0) is 11.0. The van der Waals surface area contributed by atoms with Gasteiger partial charge in [0.05, 0.1) is 6.61 Å². The summed E-state index contributed by atoms with van der Waals surface area (Å²) in [7, 11) is 1.53. The molecule has 0 radical (unpaired) electrons. The van der Waals surface area contributed by atoms with Crippen LogP contribution in [0.4, 0.5) is 0 Å². The van der Waals surface area contributed by atoms with Gasteiger partial charge in [-0.25, -0.2) is 0 Å². The maximum Gasteiger partial charge on any atom is 0.320 e. The Morgan fingerprint density at radius 2 is 2.21 bits per heavy atom. The van der Waals surface area contributed by atoms with Crippen LogP contribution in [0.25, 0.3) is 0 Å². The molecule has 0 spiro atoms. The van der Waals surface area contributed by atoms with Gasteiger partial charge in [-0.1, -0.05) is 0 Å². The molecule has 0 fully saturated rings. The third-order valence-electron chi connectivity index (χ3n) is 1.67. The van der Waals surface area contributed by atoms with E-state index in [4.69, 9.17) is 15.6 Å². The molecule has 1 unspecified atom stereocenters. The molecule has 0 aliphatic rings. The van der Waals surface area contributed by atoms with Crippen molar-refractivity contribution >= 4 is 11.9 Å². The fraction of sp³-hybridized carbons (Fsp3) is 0.750. The first-order valence-electron chi connectivity index (χ1n) is 4.31. The second-order valence-electron chi connectivity index (χ2n) is 2.84. The SMILES string of the molecule is COCCNC(CCC(N)=O)C(=O)O. The van der Waals surface area contributed by atoms with Crippen molar-refractivity contribution in [3.63, 3.8) is 0 Å². The minimum Gasteiger partial charge on any atom is -0.480 e. The second kappa shape index (κ2) is 7.28. The Bertz CT molecular complexity index is 196. The average Bonchev–Trinajstić information content (AvgIpc) is 2.10. The highest BCUT2D eigenvalue weighted by molar-refractivity contribution is 5.77. The van der Waals surface area contributed by atoms with Crippen molar-refractivity contribution in [3.8, 4) is 0 Å². The first-order valence-corrected chi connectivity index (χ1v) is 4.31. The van der Waals surface area contributed by atoms with Crippen LogP contribution in [0.15, 0.2) is 0 Å². The van der Waals surface area contributed by atoms with Crippen molar-refractivity contribution in [1.82, 2.24) is 5.32 Å². The molecule has 4 N–H and O–H groups in total. The van der Waals surface area contributed by atoms with E-state index in [-0.39, 0.29) is 12.8 Å². The topological polar surface area (TPSA) is 102 Å². The van der Waals surface area contributed by atoms with E-state index in [2.05, 4.69) is 5.32 Å². The predicted molar refractivity (Wildman–Crippen MR) is 49.7 cm³/mol. The Hall–Kier alpha value is -1.14. The lowest BCUT2D eigenvalue weighted by Gasteiger charge is -2.12. The highest BCUT2D eigenvalue weighted by Gasteiger charge is 2.16. The number of carboxylic acid groups (broad SMARTS) is 1. The Balaban J connectivity index is 3.78. The quantitative estimate of drug-likeness (QED) is 0.437. The van der Waals surface area contributed by atoms with Crippen LogP contribution in [0.2, 0.25) is 0 Å². The molecule has 0 heterocycles. The lowest BCUT2D eigenvalue weighted by atomic mass is 10.1. The van der Waals surface area contributed by atoms with E-state index in [0.717, 1.165) is 0 Å². The number of amides is 1. The van der Waals surface area contributed by atoms with E-state index in [1.165, 1.54) is 7.11 Å². The lowest BCUT2D eigenvalue weighted by molar-refractivity contribution is -0.139. The van der Waals surface area contributed by atoms with Crippen molar-refractivity contribution in [1.29, 1.82) is 0 Å². The van der Waals surface area contributed by atoms with E-state index in [9.17, 15) is 9.59 Å². The standard InChI is InChI=1S/C8H16N2O4/c1-14-5-4-10-6(8(12)13)2-3-7(9)11/h6,10H,2-5H2,1H3,(H2,9,11)(H,12,13). The van der Waals surface area contributed by atoms with Gasteiger partial charge in [0.15, 0.2) is 0 Å². The number of nitrogens with two attached hydrogens (primary N) is 1. The molecule has 0 saturated carbocycles. The molecule has 0 rings (SSSR count). The lowest BCUT2D eigenvalue weighted by Crippen LogP contribution is -2.39. The van der Waals surface area contributed by atoms with Crippen LogP contribution in [0, 0.1) is 0 Å². The number of hydrogen-bond acceptors (Lipinski definition) is 4. The summed E-state index contributed by atoms with van der Waals surface area (Å²) in [5, 5.41) is 11.5. The molecule has 0 saturated heterocycles. The van der Waals surface area contributed by atoms with Gasteiger partial charge in [0, 0.05) is 20.1 Å². The van der Waals surface area contributed by atoms with Crippen LogP contribution >= 0.6 is 0 Å². The number of carbonyl (C=O) groups excluding carboxylic acids is 1. The molecule has 1 amide bonds. The van der Waals surface area contributed by atoms with Crippen molar-refractivity contribution in [2.75, 3.05) is 20.3 Å². The Kier molecular flexibility index (Phi) is 6.69. The fourth-order valence-corrected chi connectivity index (χ4v) is 0.935. The van der Waals surface area contributed by atoms with Gasteiger partial charge in [-0.15, -0.1) is 0 Å².